The molecule has 5 heteroatoms. The number of ether oxygens (including phenoxy) is 1. The Morgan fingerprint density at radius 3 is 2.67 bits per heavy atom. The lowest BCUT2D eigenvalue weighted by atomic mass is 10.2. The van der Waals surface area contributed by atoms with Gasteiger partial charge < -0.3 is 10.1 Å². The zero-order valence-electron chi connectivity index (χ0n) is 10.3. The van der Waals surface area contributed by atoms with Crippen molar-refractivity contribution in [3.63, 3.8) is 0 Å². The molecule has 0 bridgehead atoms. The average Bonchev–Trinajstić information content (AvgIpc) is 2.32. The Morgan fingerprint density at radius 1 is 1.39 bits per heavy atom. The highest BCUT2D eigenvalue weighted by Gasteiger charge is 2.09. The fraction of sp³-hybridized carbons (Fsp3) is 0.308. The van der Waals surface area contributed by atoms with Gasteiger partial charge in [0.1, 0.15) is 0 Å². The molecule has 18 heavy (non-hydrogen) atoms. The quantitative estimate of drug-likeness (QED) is 0.661. The van der Waals surface area contributed by atoms with Crippen LogP contribution in [-0.2, 0) is 9.53 Å². The molecule has 0 saturated carbocycles. The van der Waals surface area contributed by atoms with Crippen LogP contribution in [0.4, 0.5) is 5.69 Å². The van der Waals surface area contributed by atoms with Gasteiger partial charge in [0.25, 0.3) is 0 Å². The smallest absolute Gasteiger partial charge is 0.335 e. The van der Waals surface area contributed by atoms with Crippen molar-refractivity contribution in [2.75, 3.05) is 18.5 Å². The van der Waals surface area contributed by atoms with Crippen LogP contribution in [-0.4, -0.2) is 19.1 Å². The van der Waals surface area contributed by atoms with E-state index in [-0.39, 0.29) is 6.54 Å². The number of anilines is 1. The van der Waals surface area contributed by atoms with Gasteiger partial charge in [0, 0.05) is 17.1 Å². The van der Waals surface area contributed by atoms with Crippen molar-refractivity contribution in [1.82, 2.24) is 0 Å². The predicted octanol–water partition coefficient (Wildman–Crippen LogP) is 3.83. The second-order valence-corrected chi connectivity index (χ2v) is 4.57. The molecule has 98 valence electrons. The summed E-state index contributed by atoms with van der Waals surface area (Å²) in [6.07, 6.45) is 0. The monoisotopic (exact) mass is 287 g/mol. The third-order valence-corrected chi connectivity index (χ3v) is 3.02. The topological polar surface area (TPSA) is 38.3 Å². The summed E-state index contributed by atoms with van der Waals surface area (Å²) < 4.78 is 4.83. The van der Waals surface area contributed by atoms with Crippen LogP contribution in [0, 0.1) is 6.92 Å². The van der Waals surface area contributed by atoms with Crippen LogP contribution in [0.15, 0.2) is 24.3 Å². The first kappa shape index (κ1) is 14.9. The second-order valence-electron chi connectivity index (χ2n) is 3.76. The molecule has 0 unspecified atom stereocenters. The largest absolute Gasteiger partial charge is 0.463 e. The highest BCUT2D eigenvalue weighted by atomic mass is 35.5. The van der Waals surface area contributed by atoms with E-state index in [0.29, 0.717) is 27.9 Å². The number of benzene rings is 1. The summed E-state index contributed by atoms with van der Waals surface area (Å²) in [6, 6.07) is 3.48. The standard InChI is InChI=1S/C13H15Cl2NO2/c1-4-18-13(17)9(3)7-16-12-6-10(14)8(2)5-11(12)15/h5-6,16H,3-4,7H2,1-2H3. The number of carbonyl (C=O) groups excluding carboxylic acids is 1. The number of halogens is 2. The van der Waals surface area contributed by atoms with Crippen LogP contribution in [0.1, 0.15) is 12.5 Å². The first-order valence-corrected chi connectivity index (χ1v) is 6.25. The van der Waals surface area contributed by atoms with Crippen molar-refractivity contribution in [3.05, 3.63) is 39.9 Å². The van der Waals surface area contributed by atoms with Gasteiger partial charge in [-0.05, 0) is 31.5 Å². The van der Waals surface area contributed by atoms with E-state index in [2.05, 4.69) is 11.9 Å². The number of aryl methyl sites for hydroxylation is 1. The van der Waals surface area contributed by atoms with Crippen LogP contribution in [0.25, 0.3) is 0 Å². The van der Waals surface area contributed by atoms with E-state index in [1.807, 2.05) is 6.92 Å². The summed E-state index contributed by atoms with van der Waals surface area (Å²) in [6.45, 7) is 7.85. The molecule has 1 N–H and O–H groups in total. The predicted molar refractivity (Wildman–Crippen MR) is 75.5 cm³/mol. The van der Waals surface area contributed by atoms with Crippen LogP contribution < -0.4 is 5.32 Å². The minimum atomic E-state index is -0.417. The summed E-state index contributed by atoms with van der Waals surface area (Å²) in [7, 11) is 0. The number of hydrogen-bond donors (Lipinski definition) is 1. The molecule has 0 saturated heterocycles. The summed E-state index contributed by atoms with van der Waals surface area (Å²) in [5.74, 6) is -0.417. The van der Waals surface area contributed by atoms with Crippen molar-refractivity contribution in [1.29, 1.82) is 0 Å². The Kier molecular flexibility index (Phi) is 5.51. The van der Waals surface area contributed by atoms with Gasteiger partial charge in [-0.2, -0.15) is 0 Å². The molecule has 0 spiro atoms. The molecule has 0 heterocycles. The molecule has 1 aromatic carbocycles. The molecule has 0 radical (unpaired) electrons. The SMILES string of the molecule is C=C(CNc1cc(Cl)c(C)cc1Cl)C(=O)OCC. The molecular weight excluding hydrogens is 273 g/mol. The lowest BCUT2D eigenvalue weighted by Crippen LogP contribution is -2.14. The first-order chi connectivity index (χ1) is 8.45. The van der Waals surface area contributed by atoms with Gasteiger partial charge in [-0.1, -0.05) is 29.8 Å². The zero-order chi connectivity index (χ0) is 13.7. The number of nitrogens with one attached hydrogen (secondary N) is 1. The normalized spacial score (nSPS) is 10.0. The maximum absolute atomic E-state index is 11.3. The van der Waals surface area contributed by atoms with Crippen LogP contribution in [0.5, 0.6) is 0 Å². The van der Waals surface area contributed by atoms with Crippen molar-refractivity contribution in [2.45, 2.75) is 13.8 Å². The van der Waals surface area contributed by atoms with E-state index in [9.17, 15) is 4.79 Å². The van der Waals surface area contributed by atoms with Gasteiger partial charge in [-0.15, -0.1) is 0 Å². The van der Waals surface area contributed by atoms with E-state index < -0.39 is 5.97 Å². The van der Waals surface area contributed by atoms with E-state index in [1.165, 1.54) is 0 Å². The molecular formula is C13H15Cl2NO2. The molecule has 0 aliphatic carbocycles. The molecule has 0 atom stereocenters. The van der Waals surface area contributed by atoms with E-state index >= 15 is 0 Å². The molecule has 0 aromatic heterocycles. The van der Waals surface area contributed by atoms with Gasteiger partial charge in [0.2, 0.25) is 0 Å². The Morgan fingerprint density at radius 2 is 2.06 bits per heavy atom. The lowest BCUT2D eigenvalue weighted by Gasteiger charge is -2.11. The molecule has 3 nitrogen and oxygen atoms in total. The fourth-order valence-corrected chi connectivity index (χ4v) is 1.74. The zero-order valence-corrected chi connectivity index (χ0v) is 11.9. The fourth-order valence-electron chi connectivity index (χ4n) is 1.29. The third kappa shape index (κ3) is 3.93. The average molecular weight is 288 g/mol. The van der Waals surface area contributed by atoms with Crippen LogP contribution in [0.3, 0.4) is 0 Å². The van der Waals surface area contributed by atoms with Crippen LogP contribution in [0.2, 0.25) is 10.0 Å². The third-order valence-electron chi connectivity index (χ3n) is 2.30. The molecule has 0 amide bonds. The van der Waals surface area contributed by atoms with Gasteiger partial charge in [-0.25, -0.2) is 4.79 Å². The van der Waals surface area contributed by atoms with Gasteiger partial charge >= 0.3 is 5.97 Å². The van der Waals surface area contributed by atoms with Crippen molar-refractivity contribution < 1.29 is 9.53 Å². The van der Waals surface area contributed by atoms with Crippen molar-refractivity contribution in [3.8, 4) is 0 Å². The van der Waals surface area contributed by atoms with Crippen molar-refractivity contribution in [2.24, 2.45) is 0 Å². The Hall–Kier alpha value is -1.19. The summed E-state index contributed by atoms with van der Waals surface area (Å²) >= 11 is 12.1. The Labute approximate surface area is 117 Å². The summed E-state index contributed by atoms with van der Waals surface area (Å²) in [5.41, 5.74) is 1.90. The molecule has 0 fully saturated rings. The molecule has 1 rings (SSSR count). The Bertz CT molecular complexity index is 472. The number of hydrogen-bond acceptors (Lipinski definition) is 3. The number of esters is 1. The second kappa shape index (κ2) is 6.66. The van der Waals surface area contributed by atoms with E-state index in [4.69, 9.17) is 27.9 Å². The number of carbonyl (C=O) groups is 1. The van der Waals surface area contributed by atoms with E-state index in [0.717, 1.165) is 5.56 Å². The van der Waals surface area contributed by atoms with Gasteiger partial charge in [-0.3, -0.25) is 0 Å². The highest BCUT2D eigenvalue weighted by molar-refractivity contribution is 6.35. The minimum absolute atomic E-state index is 0.262. The lowest BCUT2D eigenvalue weighted by molar-refractivity contribution is -0.138. The minimum Gasteiger partial charge on any atom is -0.463 e. The van der Waals surface area contributed by atoms with Gasteiger partial charge in [0.05, 0.1) is 17.3 Å². The van der Waals surface area contributed by atoms with E-state index in [1.54, 1.807) is 19.1 Å². The summed E-state index contributed by atoms with van der Waals surface area (Å²) in [5, 5.41) is 4.17. The molecule has 1 aromatic rings. The molecule has 0 aliphatic heterocycles. The summed E-state index contributed by atoms with van der Waals surface area (Å²) in [4.78, 5) is 11.3. The first-order valence-electron chi connectivity index (χ1n) is 5.50. The maximum atomic E-state index is 11.3. The highest BCUT2D eigenvalue weighted by Crippen LogP contribution is 2.28. The Balaban J connectivity index is 2.67. The number of rotatable bonds is 5. The van der Waals surface area contributed by atoms with Crippen molar-refractivity contribution >= 4 is 34.9 Å². The maximum Gasteiger partial charge on any atom is 0.335 e. The van der Waals surface area contributed by atoms with Crippen LogP contribution >= 0.6 is 23.2 Å². The van der Waals surface area contributed by atoms with Gasteiger partial charge in [0.15, 0.2) is 0 Å². The molecule has 0 aliphatic rings.